The normalized spacial score (nSPS) is 12.2. The van der Waals surface area contributed by atoms with E-state index in [9.17, 15) is 18.4 Å². The van der Waals surface area contributed by atoms with E-state index in [-0.39, 0.29) is 13.1 Å². The van der Waals surface area contributed by atoms with Crippen molar-refractivity contribution in [3.63, 3.8) is 0 Å². The van der Waals surface area contributed by atoms with E-state index in [0.717, 1.165) is 18.2 Å². The van der Waals surface area contributed by atoms with Crippen molar-refractivity contribution in [1.82, 2.24) is 10.2 Å². The van der Waals surface area contributed by atoms with Gasteiger partial charge in [-0.2, -0.15) is 0 Å². The van der Waals surface area contributed by atoms with Crippen molar-refractivity contribution in [3.8, 4) is 0 Å². The number of carboxylic acid groups (broad SMARTS) is 1. The number of carboxylic acids is 1. The Morgan fingerprint density at radius 2 is 1.85 bits per heavy atom. The zero-order valence-electron chi connectivity index (χ0n) is 11.2. The van der Waals surface area contributed by atoms with E-state index in [4.69, 9.17) is 5.11 Å². The number of nitrogens with one attached hydrogen (secondary N) is 1. The van der Waals surface area contributed by atoms with Crippen molar-refractivity contribution >= 4 is 11.9 Å². The molecule has 0 aromatic heterocycles. The molecule has 1 unspecified atom stereocenters. The van der Waals surface area contributed by atoms with Gasteiger partial charge in [-0.25, -0.2) is 8.78 Å². The van der Waals surface area contributed by atoms with Crippen LogP contribution in [0.5, 0.6) is 0 Å². The smallest absolute Gasteiger partial charge is 0.320 e. The number of likely N-dealkylation sites (N-methyl/N-ethyl adjacent to an activating group) is 1. The molecule has 0 spiro atoms. The van der Waals surface area contributed by atoms with Crippen LogP contribution in [0.25, 0.3) is 0 Å². The molecule has 0 heterocycles. The molecule has 0 radical (unpaired) electrons. The molecule has 1 rings (SSSR count). The standard InChI is InChI=1S/C13H16F2N2O3/c1-8(13(19)20)17(2)7-12(18)16-6-9-3-10(14)5-11(15)4-9/h3-5,8H,6-7H2,1-2H3,(H,16,18)(H,19,20). The molecule has 0 saturated carbocycles. The molecule has 0 fully saturated rings. The molecule has 1 aromatic rings. The lowest BCUT2D eigenvalue weighted by molar-refractivity contribution is -0.142. The number of halogens is 2. The highest BCUT2D eigenvalue weighted by atomic mass is 19.1. The fourth-order valence-electron chi connectivity index (χ4n) is 1.52. The summed E-state index contributed by atoms with van der Waals surface area (Å²) in [6.45, 7) is 1.31. The maximum atomic E-state index is 12.9. The molecule has 1 aromatic carbocycles. The number of rotatable bonds is 6. The summed E-state index contributed by atoms with van der Waals surface area (Å²) < 4.78 is 25.9. The van der Waals surface area contributed by atoms with Crippen LogP contribution in [0, 0.1) is 11.6 Å². The number of carbonyl (C=O) groups is 2. The van der Waals surface area contributed by atoms with Crippen molar-refractivity contribution in [2.24, 2.45) is 0 Å². The molecule has 0 aliphatic heterocycles. The van der Waals surface area contributed by atoms with Gasteiger partial charge in [0.25, 0.3) is 0 Å². The Morgan fingerprint density at radius 1 is 1.30 bits per heavy atom. The van der Waals surface area contributed by atoms with Crippen molar-refractivity contribution in [2.75, 3.05) is 13.6 Å². The Labute approximate surface area is 115 Å². The Bertz CT molecular complexity index is 488. The van der Waals surface area contributed by atoms with E-state index < -0.39 is 29.6 Å². The molecule has 2 N–H and O–H groups in total. The van der Waals surface area contributed by atoms with Crippen molar-refractivity contribution in [1.29, 1.82) is 0 Å². The number of carbonyl (C=O) groups excluding carboxylic acids is 1. The summed E-state index contributed by atoms with van der Waals surface area (Å²) in [7, 11) is 1.50. The fraction of sp³-hybridized carbons (Fsp3) is 0.385. The van der Waals surface area contributed by atoms with Crippen molar-refractivity contribution in [2.45, 2.75) is 19.5 Å². The molecule has 7 heteroatoms. The molecule has 0 aliphatic carbocycles. The van der Waals surface area contributed by atoms with Crippen LogP contribution >= 0.6 is 0 Å². The van der Waals surface area contributed by atoms with Gasteiger partial charge in [-0.1, -0.05) is 0 Å². The minimum Gasteiger partial charge on any atom is -0.480 e. The SMILES string of the molecule is CC(C(=O)O)N(C)CC(=O)NCc1cc(F)cc(F)c1. The van der Waals surface area contributed by atoms with Crippen LogP contribution in [0.4, 0.5) is 8.78 Å². The third-order valence-electron chi connectivity index (χ3n) is 2.82. The summed E-state index contributed by atoms with van der Waals surface area (Å²) >= 11 is 0. The summed E-state index contributed by atoms with van der Waals surface area (Å²) in [6.07, 6.45) is 0. The second kappa shape index (κ2) is 6.95. The average Bonchev–Trinajstić information content (AvgIpc) is 2.34. The third-order valence-corrected chi connectivity index (χ3v) is 2.82. The van der Waals surface area contributed by atoms with Crippen LogP contribution in [0.3, 0.4) is 0 Å². The molecular weight excluding hydrogens is 270 g/mol. The molecule has 0 aliphatic rings. The van der Waals surface area contributed by atoms with E-state index in [0.29, 0.717) is 5.56 Å². The first-order valence-corrected chi connectivity index (χ1v) is 5.94. The van der Waals surface area contributed by atoms with Crippen molar-refractivity contribution in [3.05, 3.63) is 35.4 Å². The van der Waals surface area contributed by atoms with Gasteiger partial charge >= 0.3 is 5.97 Å². The van der Waals surface area contributed by atoms with Crippen LogP contribution in [-0.2, 0) is 16.1 Å². The Balaban J connectivity index is 2.49. The van der Waals surface area contributed by atoms with Crippen LogP contribution in [-0.4, -0.2) is 41.5 Å². The van der Waals surface area contributed by atoms with Gasteiger partial charge in [-0.05, 0) is 31.7 Å². The Morgan fingerprint density at radius 3 is 2.35 bits per heavy atom. The lowest BCUT2D eigenvalue weighted by Crippen LogP contribution is -2.42. The number of aliphatic carboxylic acids is 1. The maximum Gasteiger partial charge on any atom is 0.320 e. The van der Waals surface area contributed by atoms with Gasteiger partial charge in [0.1, 0.15) is 17.7 Å². The first-order chi connectivity index (χ1) is 9.29. The van der Waals surface area contributed by atoms with E-state index in [1.807, 2.05) is 0 Å². The Hall–Kier alpha value is -2.02. The fourth-order valence-corrected chi connectivity index (χ4v) is 1.52. The molecule has 20 heavy (non-hydrogen) atoms. The first kappa shape index (κ1) is 16.0. The van der Waals surface area contributed by atoms with Gasteiger partial charge < -0.3 is 10.4 Å². The van der Waals surface area contributed by atoms with Gasteiger partial charge in [0.2, 0.25) is 5.91 Å². The molecule has 0 saturated heterocycles. The summed E-state index contributed by atoms with van der Waals surface area (Å²) in [5, 5.41) is 11.2. The second-order valence-corrected chi connectivity index (χ2v) is 4.48. The summed E-state index contributed by atoms with van der Waals surface area (Å²) in [6, 6.07) is 2.18. The van der Waals surface area contributed by atoms with Gasteiger partial charge in [-0.3, -0.25) is 14.5 Å². The maximum absolute atomic E-state index is 12.9. The number of hydrogen-bond donors (Lipinski definition) is 2. The average molecular weight is 286 g/mol. The van der Waals surface area contributed by atoms with Gasteiger partial charge in [0.15, 0.2) is 0 Å². The molecule has 1 amide bonds. The van der Waals surface area contributed by atoms with E-state index in [1.165, 1.54) is 18.9 Å². The minimum atomic E-state index is -1.03. The predicted octanol–water partition coefficient (Wildman–Crippen LogP) is 0.986. The van der Waals surface area contributed by atoms with Crippen LogP contribution in [0.2, 0.25) is 0 Å². The highest BCUT2D eigenvalue weighted by molar-refractivity contribution is 5.79. The second-order valence-electron chi connectivity index (χ2n) is 4.48. The first-order valence-electron chi connectivity index (χ1n) is 5.94. The largest absolute Gasteiger partial charge is 0.480 e. The molecule has 0 bridgehead atoms. The highest BCUT2D eigenvalue weighted by Gasteiger charge is 2.18. The topological polar surface area (TPSA) is 69.6 Å². The number of nitrogens with zero attached hydrogens (tertiary/aromatic N) is 1. The summed E-state index contributed by atoms with van der Waals surface area (Å²) in [5.41, 5.74) is 0.296. The molecular formula is C13H16F2N2O3. The third kappa shape index (κ3) is 4.93. The van der Waals surface area contributed by atoms with Crippen LogP contribution < -0.4 is 5.32 Å². The number of benzene rings is 1. The summed E-state index contributed by atoms with van der Waals surface area (Å²) in [4.78, 5) is 23.7. The van der Waals surface area contributed by atoms with Crippen molar-refractivity contribution < 1.29 is 23.5 Å². The van der Waals surface area contributed by atoms with Crippen LogP contribution in [0.15, 0.2) is 18.2 Å². The monoisotopic (exact) mass is 286 g/mol. The van der Waals surface area contributed by atoms with E-state index >= 15 is 0 Å². The highest BCUT2D eigenvalue weighted by Crippen LogP contribution is 2.07. The quantitative estimate of drug-likeness (QED) is 0.818. The number of amides is 1. The molecule has 110 valence electrons. The molecule has 5 nitrogen and oxygen atoms in total. The van der Waals surface area contributed by atoms with Gasteiger partial charge in [0, 0.05) is 12.6 Å². The predicted molar refractivity (Wildman–Crippen MR) is 67.9 cm³/mol. The lowest BCUT2D eigenvalue weighted by atomic mass is 10.2. The van der Waals surface area contributed by atoms with Gasteiger partial charge in [-0.15, -0.1) is 0 Å². The zero-order valence-corrected chi connectivity index (χ0v) is 11.2. The van der Waals surface area contributed by atoms with Gasteiger partial charge in [0.05, 0.1) is 6.54 Å². The number of hydrogen-bond acceptors (Lipinski definition) is 3. The van der Waals surface area contributed by atoms with E-state index in [2.05, 4.69) is 5.32 Å². The molecule has 1 atom stereocenters. The zero-order chi connectivity index (χ0) is 15.3. The Kier molecular flexibility index (Phi) is 5.57. The summed E-state index contributed by atoms with van der Waals surface area (Å²) in [5.74, 6) is -2.89. The lowest BCUT2D eigenvalue weighted by Gasteiger charge is -2.20. The van der Waals surface area contributed by atoms with E-state index in [1.54, 1.807) is 0 Å². The van der Waals surface area contributed by atoms with Crippen LogP contribution in [0.1, 0.15) is 12.5 Å². The minimum absolute atomic E-state index is 0.0250.